The Morgan fingerprint density at radius 1 is 0.947 bits per heavy atom. The van der Waals surface area contributed by atoms with Crippen LogP contribution in [0.4, 0.5) is 10.5 Å². The topological polar surface area (TPSA) is 175 Å². The van der Waals surface area contributed by atoms with E-state index in [1.54, 1.807) is 24.3 Å². The van der Waals surface area contributed by atoms with Crippen molar-refractivity contribution in [3.05, 3.63) is 42.0 Å². The van der Waals surface area contributed by atoms with Gasteiger partial charge in [0, 0.05) is 30.8 Å². The summed E-state index contributed by atoms with van der Waals surface area (Å²) in [4.78, 5) is 72.5. The Labute approximate surface area is 223 Å². The third-order valence-electron chi connectivity index (χ3n) is 5.48. The van der Waals surface area contributed by atoms with Gasteiger partial charge in [0.25, 0.3) is 11.8 Å². The zero-order chi connectivity index (χ0) is 28.2. The van der Waals surface area contributed by atoms with E-state index in [0.29, 0.717) is 37.1 Å². The molecule has 0 spiro atoms. The largest absolute Gasteiger partial charge is 0.453 e. The summed E-state index contributed by atoms with van der Waals surface area (Å²) in [5.41, 5.74) is 0.427. The average molecular weight is 563 g/mol. The van der Waals surface area contributed by atoms with E-state index in [0.717, 1.165) is 4.90 Å². The highest BCUT2D eigenvalue weighted by molar-refractivity contribution is 8.14. The van der Waals surface area contributed by atoms with E-state index in [1.165, 1.54) is 26.0 Å². The summed E-state index contributed by atoms with van der Waals surface area (Å²) >= 11 is 0. The second-order valence-electron chi connectivity index (χ2n) is 8.58. The maximum absolute atomic E-state index is 12.4. The van der Waals surface area contributed by atoms with Crippen LogP contribution in [0, 0.1) is 5.00 Å². The fourth-order valence-electron chi connectivity index (χ4n) is 3.31. The summed E-state index contributed by atoms with van der Waals surface area (Å²) in [7, 11) is 0.0986. The molecule has 12 nitrogen and oxygen atoms in total. The highest BCUT2D eigenvalue weighted by atomic mass is 32.0. The van der Waals surface area contributed by atoms with Gasteiger partial charge in [-0.3, -0.25) is 28.9 Å². The number of hydrogen-bond acceptors (Lipinski definition) is 8. The smallest absolute Gasteiger partial charge is 0.384 e. The lowest BCUT2D eigenvalue weighted by Crippen LogP contribution is -2.50. The minimum Gasteiger partial charge on any atom is -0.453 e. The second-order valence-corrected chi connectivity index (χ2v) is 11.1. The van der Waals surface area contributed by atoms with Crippen LogP contribution in [-0.4, -0.2) is 58.8 Å². The standard InChI is InChI=1S/C24H31N5O7P2/c1-15(26-19(30)6-4-3-5-13-29-20(31)11-12-21(29)32)22(33)27-16(2)23(34)28-18-9-7-17(8-10-18)14-36-24(35)38(25)37/h7-12,15-16H,3-6,13-14,37H2,1-2H3,(H,26,30)(H,27,33)(H,28,34)/t15-,16-/m0/s1. The molecule has 0 aliphatic carbocycles. The van der Waals surface area contributed by atoms with Crippen molar-refractivity contribution < 1.29 is 33.5 Å². The number of rotatable bonds is 13. The zero-order valence-corrected chi connectivity index (χ0v) is 23.2. The number of unbranched alkanes of at least 4 members (excludes halogenated alkanes) is 2. The molecule has 0 aromatic heterocycles. The van der Waals surface area contributed by atoms with Gasteiger partial charge in [-0.15, -0.1) is 0 Å². The average Bonchev–Trinajstić information content (AvgIpc) is 3.19. The lowest BCUT2D eigenvalue weighted by atomic mass is 10.1. The van der Waals surface area contributed by atoms with Crippen LogP contribution in [-0.2, 0) is 35.3 Å². The van der Waals surface area contributed by atoms with Crippen molar-refractivity contribution in [3.63, 3.8) is 0 Å². The van der Waals surface area contributed by atoms with Crippen LogP contribution >= 0.6 is 16.2 Å². The fourth-order valence-corrected chi connectivity index (χ4v) is 3.73. The van der Waals surface area contributed by atoms with E-state index in [-0.39, 0.29) is 30.7 Å². The van der Waals surface area contributed by atoms with Gasteiger partial charge in [-0.2, -0.15) is 0 Å². The van der Waals surface area contributed by atoms with Crippen LogP contribution in [0.25, 0.3) is 0 Å². The number of amides is 5. The van der Waals surface area contributed by atoms with Crippen molar-refractivity contribution in [2.24, 2.45) is 0 Å². The van der Waals surface area contributed by atoms with Gasteiger partial charge in [-0.1, -0.05) is 18.6 Å². The van der Waals surface area contributed by atoms with Crippen molar-refractivity contribution in [2.75, 3.05) is 11.9 Å². The minimum absolute atomic E-state index is 0.0186. The molecular formula is C24H31N5O7P2. The first-order valence-electron chi connectivity index (χ1n) is 11.9. The quantitative estimate of drug-likeness (QED) is 0.186. The van der Waals surface area contributed by atoms with E-state index in [4.69, 9.17) is 9.74 Å². The van der Waals surface area contributed by atoms with Gasteiger partial charge in [-0.25, -0.2) is 9.80 Å². The van der Waals surface area contributed by atoms with E-state index in [2.05, 4.69) is 16.0 Å². The van der Waals surface area contributed by atoms with Crippen molar-refractivity contribution in [1.29, 1.82) is 5.00 Å². The lowest BCUT2D eigenvalue weighted by molar-refractivity contribution is -0.137. The lowest BCUT2D eigenvalue weighted by Gasteiger charge is -2.18. The molecule has 3 N–H and O–H groups in total. The molecule has 0 radical (unpaired) electrons. The molecule has 2 unspecified atom stereocenters. The summed E-state index contributed by atoms with van der Waals surface area (Å²) in [6.45, 7) is 3.30. The predicted molar refractivity (Wildman–Crippen MR) is 143 cm³/mol. The number of ether oxygens (including phenoxy) is 1. The first-order chi connectivity index (χ1) is 18.0. The molecular weight excluding hydrogens is 532 g/mol. The Kier molecular flexibility index (Phi) is 12.1. The Bertz CT molecular complexity index is 1160. The Hall–Kier alpha value is -3.58. The van der Waals surface area contributed by atoms with Crippen LogP contribution in [0.5, 0.6) is 0 Å². The number of imide groups is 1. The van der Waals surface area contributed by atoms with Gasteiger partial charge < -0.3 is 20.7 Å². The van der Waals surface area contributed by atoms with Crippen molar-refractivity contribution in [3.8, 4) is 0 Å². The van der Waals surface area contributed by atoms with Gasteiger partial charge in [-0.05, 0) is 53.3 Å². The van der Waals surface area contributed by atoms with Crippen LogP contribution in [0.15, 0.2) is 36.4 Å². The highest BCUT2D eigenvalue weighted by Gasteiger charge is 2.23. The molecule has 204 valence electrons. The molecule has 1 aromatic rings. The summed E-state index contributed by atoms with van der Waals surface area (Å²) < 4.78 is 4.93. The maximum atomic E-state index is 12.4. The fraction of sp³-hybridized carbons (Fsp3) is 0.417. The molecule has 1 aromatic carbocycles. The molecule has 1 aliphatic rings. The Balaban J connectivity index is 1.66. The molecule has 0 fully saturated rings. The van der Waals surface area contributed by atoms with Gasteiger partial charge in [0.1, 0.15) is 18.7 Å². The highest BCUT2D eigenvalue weighted by Crippen LogP contribution is 2.30. The third kappa shape index (κ3) is 10.1. The van der Waals surface area contributed by atoms with Crippen LogP contribution in [0.2, 0.25) is 0 Å². The molecule has 1 heterocycles. The molecule has 4 atom stereocenters. The van der Waals surface area contributed by atoms with Gasteiger partial charge >= 0.3 is 5.71 Å². The first-order valence-corrected chi connectivity index (χ1v) is 14.8. The number of carbonyl (C=O) groups is 6. The molecule has 2 rings (SSSR count). The molecule has 1 aliphatic heterocycles. The third-order valence-corrected chi connectivity index (χ3v) is 6.62. The van der Waals surface area contributed by atoms with E-state index in [1.807, 2.05) is 8.93 Å². The summed E-state index contributed by atoms with van der Waals surface area (Å²) in [6, 6.07) is 4.78. The summed E-state index contributed by atoms with van der Waals surface area (Å²) in [6.07, 6.45) is 4.39. The Morgan fingerprint density at radius 3 is 2.16 bits per heavy atom. The normalized spacial score (nSPS) is 14.5. The molecule has 5 amide bonds. The van der Waals surface area contributed by atoms with E-state index in [9.17, 15) is 28.8 Å². The van der Waals surface area contributed by atoms with Crippen LogP contribution < -0.4 is 16.0 Å². The number of nitrogens with zero attached hydrogens (tertiary/aromatic N) is 2. The first kappa shape index (κ1) is 30.6. The minimum atomic E-state index is -1.89. The summed E-state index contributed by atoms with van der Waals surface area (Å²) in [5.74, 6) is -1.96. The SMILES string of the molecule is C[C@H](NC(=O)CCCCCN1C(=O)C=CC1=O)C(=O)N[C@@H](C)C(=O)Nc1ccc(COC(=O)P(#N)P)cc1. The van der Waals surface area contributed by atoms with Crippen molar-refractivity contribution >= 4 is 57.1 Å². The van der Waals surface area contributed by atoms with Gasteiger partial charge in [0.15, 0.2) is 7.25 Å². The van der Waals surface area contributed by atoms with E-state index >= 15 is 0 Å². The number of hydrogen-bond donors (Lipinski definition) is 3. The number of benzene rings is 1. The number of nitrogens with one attached hydrogen (secondary N) is 3. The molecule has 38 heavy (non-hydrogen) atoms. The monoisotopic (exact) mass is 563 g/mol. The van der Waals surface area contributed by atoms with Crippen LogP contribution in [0.3, 0.4) is 0 Å². The van der Waals surface area contributed by atoms with Crippen molar-refractivity contribution in [2.45, 2.75) is 58.2 Å². The Morgan fingerprint density at radius 2 is 1.55 bits per heavy atom. The second kappa shape index (κ2) is 15.0. The molecule has 0 bridgehead atoms. The molecule has 14 heteroatoms. The zero-order valence-electron chi connectivity index (χ0n) is 21.1. The number of anilines is 1. The molecule has 0 saturated heterocycles. The van der Waals surface area contributed by atoms with Gasteiger partial charge in [0.2, 0.25) is 17.7 Å². The summed E-state index contributed by atoms with van der Waals surface area (Å²) in [5, 5.41) is 17.0. The van der Waals surface area contributed by atoms with Crippen molar-refractivity contribution in [1.82, 2.24) is 15.5 Å². The van der Waals surface area contributed by atoms with E-state index < -0.39 is 36.9 Å². The number of carbonyl (C=O) groups excluding carboxylic acids is 6. The maximum Gasteiger partial charge on any atom is 0.384 e. The predicted octanol–water partition coefficient (Wildman–Crippen LogP) is 2.51. The van der Waals surface area contributed by atoms with Crippen LogP contribution in [0.1, 0.15) is 45.1 Å². The molecule has 0 saturated carbocycles. The van der Waals surface area contributed by atoms with Gasteiger partial charge in [0.05, 0.1) is 0 Å².